The Bertz CT molecular complexity index is 807. The average Bonchev–Trinajstić information content (AvgIpc) is 3.29. The lowest BCUT2D eigenvalue weighted by molar-refractivity contribution is -0.121. The summed E-state index contributed by atoms with van der Waals surface area (Å²) in [6.45, 7) is -0.502. The number of amides is 2. The number of hydrogen-bond acceptors (Lipinski definition) is 5. The number of fused-ring (bicyclic) bond motifs is 1. The van der Waals surface area contributed by atoms with E-state index >= 15 is 0 Å². The first-order valence-corrected chi connectivity index (χ1v) is 9.11. The zero-order valence-corrected chi connectivity index (χ0v) is 14.4. The molecule has 2 amide bonds. The molecule has 2 aliphatic rings. The fourth-order valence-electron chi connectivity index (χ4n) is 2.24. The van der Waals surface area contributed by atoms with Crippen LogP contribution in [0, 0.1) is 0 Å². The van der Waals surface area contributed by atoms with Gasteiger partial charge >= 0.3 is 0 Å². The first kappa shape index (κ1) is 17.0. The quantitative estimate of drug-likeness (QED) is 0.785. The Morgan fingerprint density at radius 1 is 1.46 bits per heavy atom. The van der Waals surface area contributed by atoms with Crippen LogP contribution in [-0.2, 0) is 19.6 Å². The Hall–Kier alpha value is -1.84. The Labute approximate surface area is 144 Å². The molecule has 0 spiro atoms. The van der Waals surface area contributed by atoms with Crippen molar-refractivity contribution < 1.29 is 22.7 Å². The second-order valence-corrected chi connectivity index (χ2v) is 8.14. The number of hydrogen-bond donors (Lipinski definition) is 2. The fourth-order valence-corrected chi connectivity index (χ4v) is 3.88. The van der Waals surface area contributed by atoms with Gasteiger partial charge in [-0.1, -0.05) is 11.6 Å². The van der Waals surface area contributed by atoms with Crippen LogP contribution in [0.25, 0.3) is 0 Å². The highest BCUT2D eigenvalue weighted by Gasteiger charge is 2.30. The molecule has 130 valence electrons. The summed E-state index contributed by atoms with van der Waals surface area (Å²) >= 11 is 6.06. The molecule has 3 rings (SSSR count). The normalized spacial score (nSPS) is 17.0. The molecule has 0 bridgehead atoms. The van der Waals surface area contributed by atoms with Crippen molar-refractivity contribution >= 4 is 39.1 Å². The highest BCUT2D eigenvalue weighted by molar-refractivity contribution is 7.89. The van der Waals surface area contributed by atoms with Crippen LogP contribution in [0.1, 0.15) is 12.8 Å². The van der Waals surface area contributed by atoms with Crippen molar-refractivity contribution in [3.8, 4) is 5.75 Å². The van der Waals surface area contributed by atoms with Gasteiger partial charge in [0.15, 0.2) is 6.61 Å². The molecule has 2 N–H and O–H groups in total. The molecular formula is C14H16ClN3O5S. The number of rotatable bonds is 5. The van der Waals surface area contributed by atoms with Crippen LogP contribution in [0.2, 0.25) is 5.02 Å². The Balaban J connectivity index is 1.83. The molecule has 1 fully saturated rings. The molecule has 0 atom stereocenters. The van der Waals surface area contributed by atoms with Gasteiger partial charge in [0, 0.05) is 19.2 Å². The van der Waals surface area contributed by atoms with Gasteiger partial charge in [-0.3, -0.25) is 9.59 Å². The number of ether oxygens (including phenoxy) is 1. The third-order valence-electron chi connectivity index (χ3n) is 3.66. The highest BCUT2D eigenvalue weighted by Crippen LogP contribution is 2.36. The molecule has 1 heterocycles. The van der Waals surface area contributed by atoms with Crippen LogP contribution < -0.4 is 15.4 Å². The van der Waals surface area contributed by atoms with E-state index < -0.39 is 10.0 Å². The molecule has 0 radical (unpaired) electrons. The molecule has 1 aliphatic heterocycles. The zero-order chi connectivity index (χ0) is 17.5. The van der Waals surface area contributed by atoms with Gasteiger partial charge in [0.25, 0.3) is 5.91 Å². The molecule has 1 aromatic carbocycles. The van der Waals surface area contributed by atoms with Crippen molar-refractivity contribution in [1.29, 1.82) is 0 Å². The zero-order valence-electron chi connectivity index (χ0n) is 12.8. The number of carbonyl (C=O) groups excluding carboxylic acids is 2. The summed E-state index contributed by atoms with van der Waals surface area (Å²) in [4.78, 5) is 22.9. The van der Waals surface area contributed by atoms with E-state index in [2.05, 4.69) is 10.6 Å². The van der Waals surface area contributed by atoms with Crippen LogP contribution in [0.15, 0.2) is 17.0 Å². The lowest BCUT2D eigenvalue weighted by Gasteiger charge is -2.22. The summed E-state index contributed by atoms with van der Waals surface area (Å²) in [5, 5.41) is 5.21. The van der Waals surface area contributed by atoms with Gasteiger partial charge < -0.3 is 15.4 Å². The van der Waals surface area contributed by atoms with Gasteiger partial charge in [0.1, 0.15) is 10.6 Å². The van der Waals surface area contributed by atoms with E-state index in [9.17, 15) is 18.0 Å². The van der Waals surface area contributed by atoms with E-state index in [1.807, 2.05) is 0 Å². The number of nitrogens with one attached hydrogen (secondary N) is 2. The number of nitrogens with zero attached hydrogens (tertiary/aromatic N) is 1. The first-order valence-electron chi connectivity index (χ1n) is 7.29. The summed E-state index contributed by atoms with van der Waals surface area (Å²) in [7, 11) is -2.67. The maximum atomic E-state index is 12.7. The predicted octanol–water partition coefficient (Wildman–Crippen LogP) is 0.570. The average molecular weight is 374 g/mol. The topological polar surface area (TPSA) is 105 Å². The number of benzene rings is 1. The van der Waals surface area contributed by atoms with Crippen molar-refractivity contribution in [3.05, 3.63) is 17.2 Å². The van der Waals surface area contributed by atoms with Gasteiger partial charge in [-0.05, 0) is 18.9 Å². The minimum absolute atomic E-state index is 0.0611. The first-order chi connectivity index (χ1) is 11.3. The number of likely N-dealkylation sites (N-methyl/N-ethyl adjacent to an activating group) is 1. The lowest BCUT2D eigenvalue weighted by atomic mass is 10.2. The maximum absolute atomic E-state index is 12.7. The molecule has 0 aromatic heterocycles. The molecule has 0 saturated heterocycles. The van der Waals surface area contributed by atoms with E-state index in [4.69, 9.17) is 16.3 Å². The van der Waals surface area contributed by atoms with Crippen LogP contribution in [-0.4, -0.2) is 50.8 Å². The second-order valence-electron chi connectivity index (χ2n) is 5.72. The van der Waals surface area contributed by atoms with Crippen molar-refractivity contribution in [2.45, 2.75) is 23.8 Å². The van der Waals surface area contributed by atoms with E-state index in [0.29, 0.717) is 5.69 Å². The molecule has 8 nitrogen and oxygen atoms in total. The summed E-state index contributed by atoms with van der Waals surface area (Å²) in [5.41, 5.74) is 0.310. The van der Waals surface area contributed by atoms with Crippen molar-refractivity contribution in [1.82, 2.24) is 9.62 Å². The molecule has 1 aliphatic carbocycles. The van der Waals surface area contributed by atoms with Gasteiger partial charge in [-0.15, -0.1) is 0 Å². The fraction of sp³-hybridized carbons (Fsp3) is 0.429. The summed E-state index contributed by atoms with van der Waals surface area (Å²) in [6.07, 6.45) is 1.84. The lowest BCUT2D eigenvalue weighted by Crippen LogP contribution is -2.39. The molecule has 0 unspecified atom stereocenters. The Kier molecular flexibility index (Phi) is 4.41. The number of sulfonamides is 1. The van der Waals surface area contributed by atoms with Gasteiger partial charge in [0.05, 0.1) is 17.3 Å². The third-order valence-corrected chi connectivity index (χ3v) is 5.93. The Morgan fingerprint density at radius 3 is 2.83 bits per heavy atom. The summed E-state index contributed by atoms with van der Waals surface area (Å²) in [6, 6.07) is 2.72. The van der Waals surface area contributed by atoms with Gasteiger partial charge in [-0.2, -0.15) is 4.31 Å². The largest absolute Gasteiger partial charge is 0.482 e. The standard InChI is InChI=1S/C14H16ClN3O5S/c1-18(6-13(19)16-8-2-3-8)24(21,22)12-5-11-10(4-9(12)15)17-14(20)7-23-11/h4-5,8H,2-3,6-7H2,1H3,(H,16,19)(H,17,20). The number of anilines is 1. The monoisotopic (exact) mass is 373 g/mol. The summed E-state index contributed by atoms with van der Waals surface area (Å²) < 4.78 is 31.5. The van der Waals surface area contributed by atoms with Crippen LogP contribution in [0.4, 0.5) is 5.69 Å². The maximum Gasteiger partial charge on any atom is 0.262 e. The number of halogens is 1. The molecular weight excluding hydrogens is 358 g/mol. The molecule has 1 saturated carbocycles. The van der Waals surface area contributed by atoms with Crippen molar-refractivity contribution in [2.75, 3.05) is 25.5 Å². The summed E-state index contributed by atoms with van der Waals surface area (Å²) in [5.74, 6) is -0.488. The minimum Gasteiger partial charge on any atom is -0.482 e. The SMILES string of the molecule is CN(CC(=O)NC1CC1)S(=O)(=O)c1cc2c(cc1Cl)NC(=O)CO2. The molecule has 10 heteroatoms. The molecule has 1 aromatic rings. The van der Waals surface area contributed by atoms with Crippen molar-refractivity contribution in [2.24, 2.45) is 0 Å². The van der Waals surface area contributed by atoms with E-state index in [0.717, 1.165) is 17.1 Å². The Morgan fingerprint density at radius 2 is 2.17 bits per heavy atom. The third kappa shape index (κ3) is 3.47. The van der Waals surface area contributed by atoms with Gasteiger partial charge in [0.2, 0.25) is 15.9 Å². The van der Waals surface area contributed by atoms with Crippen molar-refractivity contribution in [3.63, 3.8) is 0 Å². The molecule has 24 heavy (non-hydrogen) atoms. The van der Waals surface area contributed by atoms with Gasteiger partial charge in [-0.25, -0.2) is 8.42 Å². The predicted molar refractivity (Wildman–Crippen MR) is 86.6 cm³/mol. The number of carbonyl (C=O) groups is 2. The van der Waals surface area contributed by atoms with E-state index in [1.165, 1.54) is 19.2 Å². The highest BCUT2D eigenvalue weighted by atomic mass is 35.5. The van der Waals surface area contributed by atoms with Crippen LogP contribution >= 0.6 is 11.6 Å². The minimum atomic E-state index is -3.98. The second kappa shape index (κ2) is 6.23. The van der Waals surface area contributed by atoms with Crippen LogP contribution in [0.5, 0.6) is 5.75 Å². The van der Waals surface area contributed by atoms with Crippen LogP contribution in [0.3, 0.4) is 0 Å². The smallest absolute Gasteiger partial charge is 0.262 e. The van der Waals surface area contributed by atoms with E-state index in [1.54, 1.807) is 0 Å². The van der Waals surface area contributed by atoms with E-state index in [-0.39, 0.29) is 46.7 Å².